The minimum Gasteiger partial charge on any atom is -0.176 e. The average molecular weight is 175 g/mol. The Bertz CT molecular complexity index is 116. The van der Waals surface area contributed by atoms with E-state index in [-0.39, 0.29) is 8.83 Å². The summed E-state index contributed by atoms with van der Waals surface area (Å²) in [6.07, 6.45) is 5.58. The highest BCUT2D eigenvalue weighted by molar-refractivity contribution is 6.93. The first-order chi connectivity index (χ1) is 4.84. The largest absolute Gasteiger partial charge is 0.176 e. The summed E-state index contributed by atoms with van der Waals surface area (Å²) in [6.45, 7) is 4.08. The van der Waals surface area contributed by atoms with Crippen LogP contribution < -0.4 is 0 Å². The SMILES string of the molecule is C=C(C[SiH2]Cl)C1CCCC1. The number of rotatable bonds is 3. The Balaban J connectivity index is 2.25. The Hall–Kier alpha value is 0.247. The maximum atomic E-state index is 5.75. The Morgan fingerprint density at radius 3 is 2.60 bits per heavy atom. The van der Waals surface area contributed by atoms with Crippen LogP contribution in [0.4, 0.5) is 0 Å². The van der Waals surface area contributed by atoms with Crippen molar-refractivity contribution in [3.63, 3.8) is 0 Å². The van der Waals surface area contributed by atoms with Crippen LogP contribution in [0.25, 0.3) is 0 Å². The van der Waals surface area contributed by atoms with Crippen molar-refractivity contribution >= 4 is 19.9 Å². The molecule has 0 aromatic heterocycles. The summed E-state index contributed by atoms with van der Waals surface area (Å²) >= 11 is 5.75. The van der Waals surface area contributed by atoms with Crippen molar-refractivity contribution in [1.29, 1.82) is 0 Å². The van der Waals surface area contributed by atoms with Crippen LogP contribution in [0.5, 0.6) is 0 Å². The molecule has 0 saturated heterocycles. The van der Waals surface area contributed by atoms with E-state index in [0.29, 0.717) is 0 Å². The van der Waals surface area contributed by atoms with Crippen LogP contribution in [0.2, 0.25) is 6.04 Å². The van der Waals surface area contributed by atoms with Crippen molar-refractivity contribution in [2.45, 2.75) is 31.7 Å². The molecule has 0 heterocycles. The third-order valence-corrected chi connectivity index (χ3v) is 3.75. The van der Waals surface area contributed by atoms with Gasteiger partial charge in [-0.25, -0.2) is 0 Å². The lowest BCUT2D eigenvalue weighted by Crippen LogP contribution is -1.97. The number of halogens is 1. The predicted molar refractivity (Wildman–Crippen MR) is 50.3 cm³/mol. The van der Waals surface area contributed by atoms with Gasteiger partial charge in [-0.2, -0.15) is 11.1 Å². The molecule has 0 amide bonds. The number of hydrogen-bond acceptors (Lipinski definition) is 0. The van der Waals surface area contributed by atoms with Crippen molar-refractivity contribution in [3.05, 3.63) is 12.2 Å². The van der Waals surface area contributed by atoms with E-state index in [9.17, 15) is 0 Å². The Morgan fingerprint density at radius 2 is 2.10 bits per heavy atom. The van der Waals surface area contributed by atoms with Crippen molar-refractivity contribution in [2.24, 2.45) is 5.92 Å². The molecule has 1 fully saturated rings. The quantitative estimate of drug-likeness (QED) is 0.351. The summed E-state index contributed by atoms with van der Waals surface area (Å²) in [5.41, 5.74) is 1.44. The summed E-state index contributed by atoms with van der Waals surface area (Å²) < 4.78 is 0. The Labute approximate surface area is 70.2 Å². The zero-order chi connectivity index (χ0) is 7.40. The molecule has 1 saturated carbocycles. The van der Waals surface area contributed by atoms with E-state index in [0.717, 1.165) is 12.0 Å². The lowest BCUT2D eigenvalue weighted by Gasteiger charge is -2.10. The summed E-state index contributed by atoms with van der Waals surface area (Å²) in [6, 6.07) is 1.16. The van der Waals surface area contributed by atoms with Gasteiger partial charge in [-0.15, -0.1) is 0 Å². The fourth-order valence-corrected chi connectivity index (χ4v) is 3.04. The molecule has 1 aliphatic carbocycles. The molecule has 0 atom stereocenters. The van der Waals surface area contributed by atoms with Gasteiger partial charge in [0.1, 0.15) is 8.83 Å². The first kappa shape index (κ1) is 8.34. The fraction of sp³-hybridized carbons (Fsp3) is 0.750. The molecular formula is C8H15ClSi. The van der Waals surface area contributed by atoms with Gasteiger partial charge in [0.05, 0.1) is 0 Å². The highest BCUT2D eigenvalue weighted by atomic mass is 35.6. The van der Waals surface area contributed by atoms with Crippen LogP contribution in [0, 0.1) is 5.92 Å². The van der Waals surface area contributed by atoms with Gasteiger partial charge in [0.15, 0.2) is 0 Å². The number of hydrogen-bond donors (Lipinski definition) is 0. The minimum atomic E-state index is -0.294. The third kappa shape index (κ3) is 2.13. The second-order valence-corrected chi connectivity index (χ2v) is 5.09. The molecule has 0 aromatic rings. The van der Waals surface area contributed by atoms with Gasteiger partial charge in [-0.05, 0) is 24.8 Å². The van der Waals surface area contributed by atoms with Gasteiger partial charge in [-0.1, -0.05) is 25.0 Å². The van der Waals surface area contributed by atoms with Gasteiger partial charge in [0, 0.05) is 0 Å². The maximum Gasteiger partial charge on any atom is 0.129 e. The highest BCUT2D eigenvalue weighted by Crippen LogP contribution is 2.31. The van der Waals surface area contributed by atoms with Gasteiger partial charge in [0.2, 0.25) is 0 Å². The van der Waals surface area contributed by atoms with Gasteiger partial charge >= 0.3 is 0 Å². The van der Waals surface area contributed by atoms with Gasteiger partial charge < -0.3 is 0 Å². The van der Waals surface area contributed by atoms with E-state index in [1.165, 1.54) is 31.3 Å². The second kappa shape index (κ2) is 4.19. The van der Waals surface area contributed by atoms with Crippen LogP contribution in [-0.4, -0.2) is 8.83 Å². The monoisotopic (exact) mass is 174 g/mol. The molecular weight excluding hydrogens is 160 g/mol. The Morgan fingerprint density at radius 1 is 1.50 bits per heavy atom. The normalized spacial score (nSPS) is 20.9. The summed E-state index contributed by atoms with van der Waals surface area (Å²) in [4.78, 5) is 0. The zero-order valence-corrected chi connectivity index (χ0v) is 8.58. The first-order valence-electron chi connectivity index (χ1n) is 4.08. The lowest BCUT2D eigenvalue weighted by atomic mass is 10.0. The molecule has 0 N–H and O–H groups in total. The van der Waals surface area contributed by atoms with Crippen LogP contribution in [-0.2, 0) is 0 Å². The molecule has 0 radical (unpaired) electrons. The third-order valence-electron chi connectivity index (χ3n) is 2.35. The van der Waals surface area contributed by atoms with E-state index >= 15 is 0 Å². The predicted octanol–water partition coefficient (Wildman–Crippen LogP) is 2.47. The number of allylic oxidation sites excluding steroid dienone is 1. The molecule has 1 rings (SSSR count). The van der Waals surface area contributed by atoms with E-state index in [1.54, 1.807) is 0 Å². The zero-order valence-electron chi connectivity index (χ0n) is 6.41. The van der Waals surface area contributed by atoms with Crippen molar-refractivity contribution in [3.8, 4) is 0 Å². The van der Waals surface area contributed by atoms with Gasteiger partial charge in [0.25, 0.3) is 0 Å². The molecule has 0 bridgehead atoms. The average Bonchev–Trinajstić information content (AvgIpc) is 2.38. The summed E-state index contributed by atoms with van der Waals surface area (Å²) in [5.74, 6) is 0.839. The van der Waals surface area contributed by atoms with E-state index in [1.807, 2.05) is 0 Å². The molecule has 10 heavy (non-hydrogen) atoms. The minimum absolute atomic E-state index is 0.294. The van der Waals surface area contributed by atoms with Crippen molar-refractivity contribution < 1.29 is 0 Å². The Kier molecular flexibility index (Phi) is 3.50. The van der Waals surface area contributed by atoms with Crippen LogP contribution in [0.15, 0.2) is 12.2 Å². The summed E-state index contributed by atoms with van der Waals surface area (Å²) in [5, 5.41) is 0. The molecule has 0 nitrogen and oxygen atoms in total. The van der Waals surface area contributed by atoms with Gasteiger partial charge in [-0.3, -0.25) is 0 Å². The molecule has 0 unspecified atom stereocenters. The molecule has 2 heteroatoms. The molecule has 58 valence electrons. The lowest BCUT2D eigenvalue weighted by molar-refractivity contribution is 0.645. The fourth-order valence-electron chi connectivity index (χ4n) is 1.66. The van der Waals surface area contributed by atoms with Crippen molar-refractivity contribution in [1.82, 2.24) is 0 Å². The van der Waals surface area contributed by atoms with Crippen LogP contribution >= 0.6 is 11.1 Å². The molecule has 0 aromatic carbocycles. The highest BCUT2D eigenvalue weighted by Gasteiger charge is 2.16. The van der Waals surface area contributed by atoms with Crippen LogP contribution in [0.1, 0.15) is 25.7 Å². The van der Waals surface area contributed by atoms with Crippen LogP contribution in [0.3, 0.4) is 0 Å². The first-order valence-corrected chi connectivity index (χ1v) is 7.22. The van der Waals surface area contributed by atoms with E-state index in [2.05, 4.69) is 6.58 Å². The molecule has 0 aliphatic heterocycles. The molecule has 1 aliphatic rings. The standard InChI is InChI=1S/C8H15ClSi/c1-7(6-10-9)8-4-2-3-5-8/h8H,1-6,10H2. The maximum absolute atomic E-state index is 5.75. The second-order valence-electron chi connectivity index (χ2n) is 3.08. The summed E-state index contributed by atoms with van der Waals surface area (Å²) in [7, 11) is -0.294. The van der Waals surface area contributed by atoms with E-state index in [4.69, 9.17) is 11.1 Å². The smallest absolute Gasteiger partial charge is 0.129 e. The van der Waals surface area contributed by atoms with E-state index < -0.39 is 0 Å². The topological polar surface area (TPSA) is 0 Å². The molecule has 0 spiro atoms. The van der Waals surface area contributed by atoms with Crippen molar-refractivity contribution in [2.75, 3.05) is 0 Å².